The highest BCUT2D eigenvalue weighted by Crippen LogP contribution is 2.36. The number of nitrogens with one attached hydrogen (secondary N) is 1. The molecule has 0 aromatic heterocycles. The van der Waals surface area contributed by atoms with Crippen molar-refractivity contribution in [3.8, 4) is 0 Å². The van der Waals surface area contributed by atoms with Crippen LogP contribution in [-0.4, -0.2) is 28.5 Å². The van der Waals surface area contributed by atoms with Gasteiger partial charge in [-0.1, -0.05) is 45.4 Å². The standard InChI is InChI=1S/C18H26F3NO5S2/c1-3-4-5-6-7-8-9-12-28(24,25)17-11-10-15(13-16(17)18(19,20)21)29(26,27)22-14(2)23/h10-11,13H,3-9,12H2,1-2H3,(H,22,23). The fourth-order valence-electron chi connectivity index (χ4n) is 2.78. The highest BCUT2D eigenvalue weighted by atomic mass is 32.2. The van der Waals surface area contributed by atoms with Gasteiger partial charge in [0.15, 0.2) is 9.84 Å². The van der Waals surface area contributed by atoms with Crippen LogP contribution in [0.4, 0.5) is 13.2 Å². The van der Waals surface area contributed by atoms with E-state index in [9.17, 15) is 34.8 Å². The molecule has 0 aliphatic rings. The number of unbranched alkanes of at least 4 members (excludes halogenated alkanes) is 6. The van der Waals surface area contributed by atoms with Crippen molar-refractivity contribution in [1.82, 2.24) is 4.72 Å². The summed E-state index contributed by atoms with van der Waals surface area (Å²) in [4.78, 5) is 9.16. The first-order chi connectivity index (χ1) is 13.3. The fraction of sp³-hybridized carbons (Fsp3) is 0.611. The molecule has 11 heteroatoms. The van der Waals surface area contributed by atoms with Crippen molar-refractivity contribution in [2.75, 3.05) is 5.75 Å². The monoisotopic (exact) mass is 457 g/mol. The van der Waals surface area contributed by atoms with Crippen LogP contribution in [0.2, 0.25) is 0 Å². The molecule has 6 nitrogen and oxygen atoms in total. The zero-order valence-electron chi connectivity index (χ0n) is 16.4. The molecule has 1 amide bonds. The summed E-state index contributed by atoms with van der Waals surface area (Å²) < 4.78 is 90.6. The van der Waals surface area contributed by atoms with Crippen LogP contribution >= 0.6 is 0 Å². The maximum absolute atomic E-state index is 13.4. The van der Waals surface area contributed by atoms with E-state index < -0.39 is 53.1 Å². The number of halogens is 3. The van der Waals surface area contributed by atoms with Crippen LogP contribution in [0.5, 0.6) is 0 Å². The Morgan fingerprint density at radius 3 is 2.03 bits per heavy atom. The Morgan fingerprint density at radius 2 is 1.52 bits per heavy atom. The predicted octanol–water partition coefficient (Wildman–Crippen LogP) is 4.05. The molecule has 29 heavy (non-hydrogen) atoms. The summed E-state index contributed by atoms with van der Waals surface area (Å²) in [6, 6.07) is 1.62. The molecule has 0 radical (unpaired) electrons. The van der Waals surface area contributed by atoms with Crippen molar-refractivity contribution < 1.29 is 34.8 Å². The minimum atomic E-state index is -5.08. The van der Waals surface area contributed by atoms with Gasteiger partial charge in [-0.25, -0.2) is 21.6 Å². The molecule has 1 aromatic rings. The van der Waals surface area contributed by atoms with E-state index in [1.54, 1.807) is 4.72 Å². The molecule has 1 N–H and O–H groups in total. The van der Waals surface area contributed by atoms with Gasteiger partial charge in [0.25, 0.3) is 10.0 Å². The molecular formula is C18H26F3NO5S2. The number of sulfone groups is 1. The lowest BCUT2D eigenvalue weighted by molar-refractivity contribution is -0.140. The Bertz CT molecular complexity index is 910. The molecule has 0 atom stereocenters. The average molecular weight is 458 g/mol. The van der Waals surface area contributed by atoms with E-state index in [0.717, 1.165) is 45.1 Å². The molecule has 0 unspecified atom stereocenters. The third-order valence-corrected chi connectivity index (χ3v) is 7.48. The number of carbonyl (C=O) groups is 1. The maximum atomic E-state index is 13.4. The summed E-state index contributed by atoms with van der Waals surface area (Å²) in [6.07, 6.45) is 0.656. The molecule has 0 aliphatic heterocycles. The Labute approximate surface area is 169 Å². The van der Waals surface area contributed by atoms with Crippen LogP contribution in [0.3, 0.4) is 0 Å². The zero-order valence-corrected chi connectivity index (χ0v) is 18.0. The van der Waals surface area contributed by atoms with Crippen LogP contribution in [0, 0.1) is 0 Å². The normalized spacial score (nSPS) is 12.7. The number of rotatable bonds is 11. The van der Waals surface area contributed by atoms with Gasteiger partial charge in [0, 0.05) is 6.92 Å². The molecule has 0 saturated heterocycles. The van der Waals surface area contributed by atoms with E-state index >= 15 is 0 Å². The summed E-state index contributed by atoms with van der Waals surface area (Å²) in [5.41, 5.74) is -1.56. The second-order valence-corrected chi connectivity index (χ2v) is 10.5. The second-order valence-electron chi connectivity index (χ2n) is 6.76. The molecule has 166 valence electrons. The lowest BCUT2D eigenvalue weighted by Crippen LogP contribution is -2.28. The number of hydrogen-bond acceptors (Lipinski definition) is 5. The van der Waals surface area contributed by atoms with Crippen molar-refractivity contribution in [3.05, 3.63) is 23.8 Å². The van der Waals surface area contributed by atoms with Crippen molar-refractivity contribution in [3.63, 3.8) is 0 Å². The first kappa shape index (κ1) is 25.4. The van der Waals surface area contributed by atoms with Crippen LogP contribution in [-0.2, 0) is 30.8 Å². The summed E-state index contributed by atoms with van der Waals surface area (Å²) >= 11 is 0. The maximum Gasteiger partial charge on any atom is 0.417 e. The van der Waals surface area contributed by atoms with Crippen molar-refractivity contribution >= 4 is 25.8 Å². The van der Waals surface area contributed by atoms with Gasteiger partial charge in [0.1, 0.15) is 0 Å². The predicted molar refractivity (Wildman–Crippen MR) is 102 cm³/mol. The summed E-state index contributed by atoms with van der Waals surface area (Å²) in [5.74, 6) is -1.43. The Morgan fingerprint density at radius 1 is 0.966 bits per heavy atom. The number of alkyl halides is 3. The number of benzene rings is 1. The lowest BCUT2D eigenvalue weighted by atomic mass is 10.1. The second kappa shape index (κ2) is 10.4. The minimum Gasteiger partial charge on any atom is -0.274 e. The first-order valence-corrected chi connectivity index (χ1v) is 12.4. The topological polar surface area (TPSA) is 97.4 Å². The molecule has 0 aliphatic carbocycles. The Balaban J connectivity index is 3.07. The van der Waals surface area contributed by atoms with E-state index in [1.807, 2.05) is 0 Å². The van der Waals surface area contributed by atoms with E-state index in [2.05, 4.69) is 6.92 Å². The molecule has 0 saturated carbocycles. The molecule has 0 fully saturated rings. The number of amides is 1. The molecule has 0 bridgehead atoms. The average Bonchev–Trinajstić information content (AvgIpc) is 2.58. The van der Waals surface area contributed by atoms with Gasteiger partial charge in [0.2, 0.25) is 5.91 Å². The molecule has 1 rings (SSSR count). The number of hydrogen-bond donors (Lipinski definition) is 1. The molecular weight excluding hydrogens is 431 g/mol. The highest BCUT2D eigenvalue weighted by Gasteiger charge is 2.38. The van der Waals surface area contributed by atoms with Crippen molar-refractivity contribution in [1.29, 1.82) is 0 Å². The molecule has 1 aromatic carbocycles. The van der Waals surface area contributed by atoms with Crippen LogP contribution < -0.4 is 4.72 Å². The van der Waals surface area contributed by atoms with E-state index in [1.165, 1.54) is 0 Å². The Hall–Kier alpha value is -1.62. The van der Waals surface area contributed by atoms with Gasteiger partial charge >= 0.3 is 6.18 Å². The SMILES string of the molecule is CCCCCCCCCS(=O)(=O)c1ccc(S(=O)(=O)NC(C)=O)cc1C(F)(F)F. The van der Waals surface area contributed by atoms with E-state index in [-0.39, 0.29) is 12.5 Å². The number of carbonyl (C=O) groups excluding carboxylic acids is 1. The first-order valence-electron chi connectivity index (χ1n) is 9.28. The van der Waals surface area contributed by atoms with E-state index in [4.69, 9.17) is 0 Å². The van der Waals surface area contributed by atoms with Crippen molar-refractivity contribution in [2.24, 2.45) is 0 Å². The summed E-state index contributed by atoms with van der Waals surface area (Å²) in [5, 5.41) is 0. The van der Waals surface area contributed by atoms with Gasteiger partial charge < -0.3 is 0 Å². The summed E-state index contributed by atoms with van der Waals surface area (Å²) in [7, 11) is -8.79. The quantitative estimate of drug-likeness (QED) is 0.506. The molecule has 0 spiro atoms. The minimum absolute atomic E-state index is 0.220. The molecule has 0 heterocycles. The fourth-order valence-corrected chi connectivity index (χ4v) is 5.38. The Kier molecular flexibility index (Phi) is 9.13. The third kappa shape index (κ3) is 7.96. The zero-order chi connectivity index (χ0) is 22.3. The van der Waals surface area contributed by atoms with Crippen molar-refractivity contribution in [2.45, 2.75) is 74.8 Å². The van der Waals surface area contributed by atoms with Gasteiger partial charge in [-0.3, -0.25) is 4.79 Å². The van der Waals surface area contributed by atoms with Crippen LogP contribution in [0.15, 0.2) is 28.0 Å². The van der Waals surface area contributed by atoms with Gasteiger partial charge in [-0.15, -0.1) is 0 Å². The van der Waals surface area contributed by atoms with Crippen LogP contribution in [0.25, 0.3) is 0 Å². The van der Waals surface area contributed by atoms with Gasteiger partial charge in [-0.2, -0.15) is 13.2 Å². The largest absolute Gasteiger partial charge is 0.417 e. The van der Waals surface area contributed by atoms with Crippen LogP contribution in [0.1, 0.15) is 64.4 Å². The third-order valence-electron chi connectivity index (χ3n) is 4.20. The van der Waals surface area contributed by atoms with Gasteiger partial charge in [0.05, 0.1) is 21.1 Å². The van der Waals surface area contributed by atoms with Gasteiger partial charge in [-0.05, 0) is 24.6 Å². The lowest BCUT2D eigenvalue weighted by Gasteiger charge is -2.15. The number of sulfonamides is 1. The smallest absolute Gasteiger partial charge is 0.274 e. The highest BCUT2D eigenvalue weighted by molar-refractivity contribution is 7.91. The summed E-state index contributed by atoms with van der Waals surface area (Å²) in [6.45, 7) is 2.96. The van der Waals surface area contributed by atoms with E-state index in [0.29, 0.717) is 12.5 Å².